The Balaban J connectivity index is 2.24. The molecule has 106 valence electrons. The zero-order valence-corrected chi connectivity index (χ0v) is 12.1. The van der Waals surface area contributed by atoms with E-state index in [4.69, 9.17) is 10.5 Å². The maximum atomic E-state index is 5.71. The van der Waals surface area contributed by atoms with Gasteiger partial charge >= 0.3 is 0 Å². The van der Waals surface area contributed by atoms with E-state index in [1.165, 1.54) is 5.56 Å². The third-order valence-electron chi connectivity index (χ3n) is 3.06. The Kier molecular flexibility index (Phi) is 4.40. The molecule has 0 aliphatic rings. The molecule has 0 saturated carbocycles. The minimum Gasteiger partial charge on any atom is -0.480 e. The third-order valence-corrected chi connectivity index (χ3v) is 3.06. The summed E-state index contributed by atoms with van der Waals surface area (Å²) in [6.07, 6.45) is 3.35. The Labute approximate surface area is 119 Å². The van der Waals surface area contributed by atoms with Crippen LogP contribution < -0.4 is 15.4 Å². The SMILES string of the molecule is COc1cncc(N(Cc2ccc(N)cc2)C(C)C)n1. The second kappa shape index (κ2) is 6.23. The van der Waals surface area contributed by atoms with Gasteiger partial charge in [-0.1, -0.05) is 12.1 Å². The van der Waals surface area contributed by atoms with Crippen molar-refractivity contribution in [3.05, 3.63) is 42.2 Å². The molecule has 5 heteroatoms. The van der Waals surface area contributed by atoms with Crippen LogP contribution in [-0.4, -0.2) is 23.1 Å². The molecule has 0 aliphatic carbocycles. The molecule has 0 unspecified atom stereocenters. The monoisotopic (exact) mass is 272 g/mol. The summed E-state index contributed by atoms with van der Waals surface area (Å²) >= 11 is 0. The van der Waals surface area contributed by atoms with E-state index in [1.54, 1.807) is 19.5 Å². The summed E-state index contributed by atoms with van der Waals surface area (Å²) in [5, 5.41) is 0. The minimum atomic E-state index is 0.300. The van der Waals surface area contributed by atoms with Crippen LogP contribution in [0.5, 0.6) is 5.88 Å². The van der Waals surface area contributed by atoms with Crippen LogP contribution in [0.25, 0.3) is 0 Å². The van der Waals surface area contributed by atoms with Gasteiger partial charge in [0.2, 0.25) is 5.88 Å². The second-order valence-electron chi connectivity index (χ2n) is 4.88. The molecule has 20 heavy (non-hydrogen) atoms. The third kappa shape index (κ3) is 3.38. The maximum Gasteiger partial charge on any atom is 0.233 e. The molecule has 0 fully saturated rings. The number of methoxy groups -OCH3 is 1. The molecule has 0 spiro atoms. The van der Waals surface area contributed by atoms with Crippen LogP contribution in [0.1, 0.15) is 19.4 Å². The van der Waals surface area contributed by atoms with Gasteiger partial charge in [0.25, 0.3) is 0 Å². The number of aromatic nitrogens is 2. The van der Waals surface area contributed by atoms with Crippen LogP contribution >= 0.6 is 0 Å². The first-order valence-electron chi connectivity index (χ1n) is 6.57. The van der Waals surface area contributed by atoms with Gasteiger partial charge < -0.3 is 15.4 Å². The van der Waals surface area contributed by atoms with Gasteiger partial charge in [0.15, 0.2) is 5.82 Å². The second-order valence-corrected chi connectivity index (χ2v) is 4.88. The van der Waals surface area contributed by atoms with E-state index in [2.05, 4.69) is 28.7 Å². The highest BCUT2D eigenvalue weighted by Crippen LogP contribution is 2.19. The highest BCUT2D eigenvalue weighted by Gasteiger charge is 2.13. The van der Waals surface area contributed by atoms with Crippen molar-refractivity contribution in [1.82, 2.24) is 9.97 Å². The van der Waals surface area contributed by atoms with Crippen LogP contribution in [0.2, 0.25) is 0 Å². The number of benzene rings is 1. The Morgan fingerprint density at radius 1 is 1.20 bits per heavy atom. The number of nitrogens with two attached hydrogens (primary N) is 1. The smallest absolute Gasteiger partial charge is 0.233 e. The summed E-state index contributed by atoms with van der Waals surface area (Å²) < 4.78 is 5.13. The Bertz CT molecular complexity index is 554. The molecule has 0 atom stereocenters. The number of nitrogens with zero attached hydrogens (tertiary/aromatic N) is 3. The van der Waals surface area contributed by atoms with Crippen LogP contribution in [0.4, 0.5) is 11.5 Å². The molecular weight excluding hydrogens is 252 g/mol. The average Bonchev–Trinajstić information content (AvgIpc) is 2.46. The van der Waals surface area contributed by atoms with Crippen molar-refractivity contribution in [2.24, 2.45) is 0 Å². The summed E-state index contributed by atoms with van der Waals surface area (Å²) in [7, 11) is 1.59. The molecule has 1 aromatic heterocycles. The lowest BCUT2D eigenvalue weighted by molar-refractivity contribution is 0.395. The van der Waals surface area contributed by atoms with Crippen LogP contribution in [0.3, 0.4) is 0 Å². The van der Waals surface area contributed by atoms with E-state index in [1.807, 2.05) is 24.3 Å². The van der Waals surface area contributed by atoms with Gasteiger partial charge in [-0.25, -0.2) is 0 Å². The maximum absolute atomic E-state index is 5.71. The molecule has 0 bridgehead atoms. The number of nitrogen functional groups attached to an aromatic ring is 1. The van der Waals surface area contributed by atoms with Crippen molar-refractivity contribution in [3.8, 4) is 5.88 Å². The van der Waals surface area contributed by atoms with Gasteiger partial charge in [-0.05, 0) is 31.5 Å². The quantitative estimate of drug-likeness (QED) is 0.847. The van der Waals surface area contributed by atoms with Crippen molar-refractivity contribution < 1.29 is 4.74 Å². The lowest BCUT2D eigenvalue weighted by Gasteiger charge is -2.27. The number of anilines is 2. The van der Waals surface area contributed by atoms with Crippen LogP contribution in [-0.2, 0) is 6.54 Å². The van der Waals surface area contributed by atoms with Crippen molar-refractivity contribution >= 4 is 11.5 Å². The zero-order chi connectivity index (χ0) is 14.5. The normalized spacial score (nSPS) is 10.6. The minimum absolute atomic E-state index is 0.300. The molecule has 0 aliphatic heterocycles. The van der Waals surface area contributed by atoms with Gasteiger partial charge in [0, 0.05) is 18.3 Å². The highest BCUT2D eigenvalue weighted by atomic mass is 16.5. The predicted molar refractivity (Wildman–Crippen MR) is 80.8 cm³/mol. The lowest BCUT2D eigenvalue weighted by Crippen LogP contribution is -2.31. The van der Waals surface area contributed by atoms with E-state index in [0.29, 0.717) is 11.9 Å². The summed E-state index contributed by atoms with van der Waals surface area (Å²) in [6, 6.07) is 8.17. The van der Waals surface area contributed by atoms with Crippen molar-refractivity contribution in [1.29, 1.82) is 0 Å². The van der Waals surface area contributed by atoms with Gasteiger partial charge in [0.05, 0.1) is 19.5 Å². The first kappa shape index (κ1) is 14.1. The molecule has 2 rings (SSSR count). The van der Waals surface area contributed by atoms with E-state index < -0.39 is 0 Å². The van der Waals surface area contributed by atoms with E-state index >= 15 is 0 Å². The van der Waals surface area contributed by atoms with Crippen molar-refractivity contribution in [3.63, 3.8) is 0 Å². The highest BCUT2D eigenvalue weighted by molar-refractivity contribution is 5.43. The Morgan fingerprint density at radius 3 is 2.50 bits per heavy atom. The van der Waals surface area contributed by atoms with E-state index in [0.717, 1.165) is 18.1 Å². The van der Waals surface area contributed by atoms with Crippen LogP contribution in [0, 0.1) is 0 Å². The first-order valence-corrected chi connectivity index (χ1v) is 6.57. The Hall–Kier alpha value is -2.30. The summed E-state index contributed by atoms with van der Waals surface area (Å²) in [5.74, 6) is 1.32. The number of hydrogen-bond donors (Lipinski definition) is 1. The molecule has 0 radical (unpaired) electrons. The number of hydrogen-bond acceptors (Lipinski definition) is 5. The average molecular weight is 272 g/mol. The molecule has 2 aromatic rings. The summed E-state index contributed by atoms with van der Waals surface area (Å²) in [4.78, 5) is 10.8. The number of rotatable bonds is 5. The van der Waals surface area contributed by atoms with E-state index in [-0.39, 0.29) is 0 Å². The standard InChI is InChI=1S/C15H20N4O/c1-11(2)19(10-12-4-6-13(16)7-5-12)14-8-17-9-15(18-14)20-3/h4-9,11H,10,16H2,1-3H3. The van der Waals surface area contributed by atoms with Gasteiger partial charge in [-0.15, -0.1) is 0 Å². The fourth-order valence-corrected chi connectivity index (χ4v) is 1.92. The lowest BCUT2D eigenvalue weighted by atomic mass is 10.1. The van der Waals surface area contributed by atoms with Crippen molar-refractivity contribution in [2.45, 2.75) is 26.4 Å². The molecule has 0 saturated heterocycles. The van der Waals surface area contributed by atoms with Gasteiger partial charge in [-0.2, -0.15) is 4.98 Å². The molecular formula is C15H20N4O. The molecule has 1 aromatic carbocycles. The predicted octanol–water partition coefficient (Wildman–Crippen LogP) is 2.48. The largest absolute Gasteiger partial charge is 0.480 e. The molecule has 0 amide bonds. The first-order chi connectivity index (χ1) is 9.60. The summed E-state index contributed by atoms with van der Waals surface area (Å²) in [6.45, 7) is 5.00. The van der Waals surface area contributed by atoms with E-state index in [9.17, 15) is 0 Å². The summed E-state index contributed by atoms with van der Waals surface area (Å²) in [5.41, 5.74) is 7.66. The van der Waals surface area contributed by atoms with Crippen molar-refractivity contribution in [2.75, 3.05) is 17.7 Å². The fraction of sp³-hybridized carbons (Fsp3) is 0.333. The van der Waals surface area contributed by atoms with Gasteiger partial charge in [0.1, 0.15) is 0 Å². The van der Waals surface area contributed by atoms with Gasteiger partial charge in [-0.3, -0.25) is 4.98 Å². The Morgan fingerprint density at radius 2 is 1.90 bits per heavy atom. The molecule has 2 N–H and O–H groups in total. The fourth-order valence-electron chi connectivity index (χ4n) is 1.92. The zero-order valence-electron chi connectivity index (χ0n) is 12.1. The topological polar surface area (TPSA) is 64.3 Å². The van der Waals surface area contributed by atoms with Crippen LogP contribution in [0.15, 0.2) is 36.7 Å². The number of ether oxygens (including phenoxy) is 1. The molecule has 5 nitrogen and oxygen atoms in total. The molecule has 1 heterocycles.